The SMILES string of the molecule is Cc1nc([C@H]2C[C@@H]2c2ccc(C(=O)N(C)C3CC4CCC(C3)N4CC#N)cc2Cl)c2ccccc2n1. The van der Waals surface area contributed by atoms with Crippen molar-refractivity contribution in [3.8, 4) is 6.07 Å². The van der Waals surface area contributed by atoms with Crippen LogP contribution in [0.4, 0.5) is 0 Å². The lowest BCUT2D eigenvalue weighted by atomic mass is 9.95. The molecule has 2 aliphatic heterocycles. The van der Waals surface area contributed by atoms with Gasteiger partial charge in [0.15, 0.2) is 0 Å². The molecule has 3 aromatic rings. The van der Waals surface area contributed by atoms with Crippen LogP contribution in [0.15, 0.2) is 42.5 Å². The van der Waals surface area contributed by atoms with Crippen LogP contribution in [0.2, 0.25) is 5.02 Å². The molecule has 0 radical (unpaired) electrons. The van der Waals surface area contributed by atoms with Crippen LogP contribution in [0, 0.1) is 18.3 Å². The molecule has 2 aromatic carbocycles. The predicted molar refractivity (Wildman–Crippen MR) is 140 cm³/mol. The molecule has 1 aliphatic carbocycles. The average molecular weight is 500 g/mol. The quantitative estimate of drug-likeness (QED) is 0.436. The molecule has 0 spiro atoms. The summed E-state index contributed by atoms with van der Waals surface area (Å²) < 4.78 is 0. The molecule has 184 valence electrons. The van der Waals surface area contributed by atoms with E-state index in [1.165, 1.54) is 0 Å². The molecular formula is C29H30ClN5O. The third-order valence-electron chi connectivity index (χ3n) is 8.51. The van der Waals surface area contributed by atoms with Gasteiger partial charge in [-0.1, -0.05) is 35.9 Å². The molecule has 1 saturated carbocycles. The Labute approximate surface area is 216 Å². The van der Waals surface area contributed by atoms with E-state index in [1.54, 1.807) is 0 Å². The van der Waals surface area contributed by atoms with Gasteiger partial charge in [-0.3, -0.25) is 9.69 Å². The van der Waals surface area contributed by atoms with Crippen LogP contribution in [0.5, 0.6) is 0 Å². The lowest BCUT2D eigenvalue weighted by Gasteiger charge is -2.41. The first-order valence-electron chi connectivity index (χ1n) is 12.9. The maximum atomic E-state index is 13.4. The highest BCUT2D eigenvalue weighted by atomic mass is 35.5. The number of benzene rings is 2. The largest absolute Gasteiger partial charge is 0.339 e. The first kappa shape index (κ1) is 23.4. The second-order valence-corrected chi connectivity index (χ2v) is 11.0. The van der Waals surface area contributed by atoms with E-state index in [0.717, 1.165) is 60.1 Å². The lowest BCUT2D eigenvalue weighted by molar-refractivity contribution is 0.0535. The fourth-order valence-electron chi connectivity index (χ4n) is 6.58. The van der Waals surface area contributed by atoms with Gasteiger partial charge in [-0.25, -0.2) is 9.97 Å². The van der Waals surface area contributed by atoms with Crippen LogP contribution in [0.25, 0.3) is 10.9 Å². The number of nitriles is 1. The van der Waals surface area contributed by atoms with Crippen molar-refractivity contribution < 1.29 is 4.79 Å². The molecule has 2 bridgehead atoms. The number of rotatable bonds is 5. The Hall–Kier alpha value is -3.01. The third-order valence-corrected chi connectivity index (χ3v) is 8.84. The first-order chi connectivity index (χ1) is 17.4. The molecule has 3 aliphatic rings. The molecular weight excluding hydrogens is 470 g/mol. The number of para-hydroxylation sites is 1. The molecule has 1 aromatic heterocycles. The highest BCUT2D eigenvalue weighted by Crippen LogP contribution is 2.56. The van der Waals surface area contributed by atoms with E-state index in [9.17, 15) is 4.79 Å². The summed E-state index contributed by atoms with van der Waals surface area (Å²) in [5.74, 6) is 1.42. The molecule has 2 unspecified atom stereocenters. The maximum Gasteiger partial charge on any atom is 0.253 e. The Morgan fingerprint density at radius 2 is 1.86 bits per heavy atom. The molecule has 6 rings (SSSR count). The van der Waals surface area contributed by atoms with Crippen molar-refractivity contribution in [2.24, 2.45) is 0 Å². The van der Waals surface area contributed by atoms with Gasteiger partial charge >= 0.3 is 0 Å². The molecule has 0 N–H and O–H groups in total. The summed E-state index contributed by atoms with van der Waals surface area (Å²) in [6.45, 7) is 2.43. The first-order valence-corrected chi connectivity index (χ1v) is 13.2. The van der Waals surface area contributed by atoms with Crippen molar-refractivity contribution in [1.29, 1.82) is 5.26 Å². The van der Waals surface area contributed by atoms with Crippen molar-refractivity contribution in [2.45, 2.75) is 69.0 Å². The highest BCUT2D eigenvalue weighted by molar-refractivity contribution is 6.31. The number of hydrogen-bond acceptors (Lipinski definition) is 5. The number of hydrogen-bond donors (Lipinski definition) is 0. The van der Waals surface area contributed by atoms with E-state index in [-0.39, 0.29) is 11.9 Å². The van der Waals surface area contributed by atoms with E-state index in [0.29, 0.717) is 41.1 Å². The zero-order valence-corrected chi connectivity index (χ0v) is 21.4. The van der Waals surface area contributed by atoms with Gasteiger partial charge in [0.05, 0.1) is 23.8 Å². The second-order valence-electron chi connectivity index (χ2n) is 10.6. The van der Waals surface area contributed by atoms with Crippen molar-refractivity contribution in [1.82, 2.24) is 19.8 Å². The van der Waals surface area contributed by atoms with E-state index >= 15 is 0 Å². The summed E-state index contributed by atoms with van der Waals surface area (Å²) >= 11 is 6.77. The fourth-order valence-corrected chi connectivity index (χ4v) is 6.90. The van der Waals surface area contributed by atoms with Crippen LogP contribution in [0.1, 0.15) is 71.4 Å². The van der Waals surface area contributed by atoms with Crippen LogP contribution in [-0.4, -0.2) is 57.4 Å². The van der Waals surface area contributed by atoms with Gasteiger partial charge < -0.3 is 4.90 Å². The van der Waals surface area contributed by atoms with E-state index in [2.05, 4.69) is 22.0 Å². The summed E-state index contributed by atoms with van der Waals surface area (Å²) in [5, 5.41) is 10.9. The highest BCUT2D eigenvalue weighted by Gasteiger charge is 2.44. The minimum absolute atomic E-state index is 0.0198. The molecule has 4 atom stereocenters. The number of piperidine rings is 1. The smallest absolute Gasteiger partial charge is 0.253 e. The second kappa shape index (κ2) is 9.14. The van der Waals surface area contributed by atoms with Crippen molar-refractivity contribution in [3.05, 3.63) is 70.1 Å². The molecule has 2 saturated heterocycles. The standard InChI is InChI=1S/C29H30ClN5O/c1-17-32-27-6-4-3-5-23(27)28(33-17)25-16-24(25)22-10-7-18(13-26(22)30)29(36)34(2)21-14-19-8-9-20(15-21)35(19)12-11-31/h3-7,10,13,19-21,24-25H,8-9,12,14-16H2,1-2H3/t19?,20?,21?,24-,25+/m1/s1. The van der Waals surface area contributed by atoms with Gasteiger partial charge in [-0.15, -0.1) is 0 Å². The minimum Gasteiger partial charge on any atom is -0.339 e. The van der Waals surface area contributed by atoms with Crippen molar-refractivity contribution in [2.75, 3.05) is 13.6 Å². The van der Waals surface area contributed by atoms with Gasteiger partial charge in [0.25, 0.3) is 5.91 Å². The third kappa shape index (κ3) is 4.05. The average Bonchev–Trinajstić information content (AvgIpc) is 3.63. The van der Waals surface area contributed by atoms with Gasteiger partial charge in [-0.2, -0.15) is 5.26 Å². The normalized spacial score (nSPS) is 27.1. The Morgan fingerprint density at radius 3 is 2.58 bits per heavy atom. The number of carbonyl (C=O) groups is 1. The topological polar surface area (TPSA) is 73.1 Å². The number of aryl methyl sites for hydroxylation is 1. The minimum atomic E-state index is 0.0198. The van der Waals surface area contributed by atoms with Crippen LogP contribution in [0.3, 0.4) is 0 Å². The van der Waals surface area contributed by atoms with E-state index < -0.39 is 0 Å². The monoisotopic (exact) mass is 499 g/mol. The maximum absolute atomic E-state index is 13.4. The number of fused-ring (bicyclic) bond motifs is 3. The molecule has 7 heteroatoms. The number of amides is 1. The molecule has 3 fully saturated rings. The van der Waals surface area contributed by atoms with Gasteiger partial charge in [-0.05, 0) is 68.7 Å². The Bertz CT molecular complexity index is 1370. The van der Waals surface area contributed by atoms with Crippen LogP contribution < -0.4 is 0 Å². The summed E-state index contributed by atoms with van der Waals surface area (Å²) in [4.78, 5) is 27.0. The molecule has 6 nitrogen and oxygen atoms in total. The number of carbonyl (C=O) groups excluding carboxylic acids is 1. The molecule has 3 heterocycles. The number of nitrogens with zero attached hydrogens (tertiary/aromatic N) is 5. The molecule has 1 amide bonds. The molecule has 36 heavy (non-hydrogen) atoms. The zero-order valence-electron chi connectivity index (χ0n) is 20.7. The van der Waals surface area contributed by atoms with E-state index in [4.69, 9.17) is 21.8 Å². The summed E-state index contributed by atoms with van der Waals surface area (Å²) in [6.07, 6.45) is 5.10. The number of halogens is 1. The Morgan fingerprint density at radius 1 is 1.11 bits per heavy atom. The summed E-state index contributed by atoms with van der Waals surface area (Å²) in [6, 6.07) is 17.3. The predicted octanol–water partition coefficient (Wildman–Crippen LogP) is 5.45. The Balaban J connectivity index is 1.18. The van der Waals surface area contributed by atoms with Gasteiger partial charge in [0, 0.05) is 47.1 Å². The fraction of sp³-hybridized carbons (Fsp3) is 0.448. The van der Waals surface area contributed by atoms with Crippen LogP contribution >= 0.6 is 11.6 Å². The number of aromatic nitrogens is 2. The summed E-state index contributed by atoms with van der Waals surface area (Å²) in [7, 11) is 1.91. The van der Waals surface area contributed by atoms with Crippen molar-refractivity contribution >= 4 is 28.4 Å². The van der Waals surface area contributed by atoms with Crippen molar-refractivity contribution in [3.63, 3.8) is 0 Å². The van der Waals surface area contributed by atoms with Gasteiger partial charge in [0.2, 0.25) is 0 Å². The van der Waals surface area contributed by atoms with E-state index in [1.807, 2.05) is 55.3 Å². The lowest BCUT2D eigenvalue weighted by Crippen LogP contribution is -2.50. The zero-order chi connectivity index (χ0) is 25.0. The van der Waals surface area contributed by atoms with Crippen LogP contribution in [-0.2, 0) is 0 Å². The van der Waals surface area contributed by atoms with Gasteiger partial charge in [0.1, 0.15) is 5.82 Å². The Kier molecular flexibility index (Phi) is 5.94. The summed E-state index contributed by atoms with van der Waals surface area (Å²) in [5.41, 5.74) is 3.80.